The van der Waals surface area contributed by atoms with Gasteiger partial charge in [-0.2, -0.15) is 0 Å². The van der Waals surface area contributed by atoms with Crippen molar-refractivity contribution in [2.24, 2.45) is 23.0 Å². The van der Waals surface area contributed by atoms with E-state index in [2.05, 4.69) is 35.1 Å². The van der Waals surface area contributed by atoms with E-state index in [1.165, 1.54) is 0 Å². The highest BCUT2D eigenvalue weighted by Gasteiger charge is 2.43. The Morgan fingerprint density at radius 2 is 1.41 bits per heavy atom. The fraction of sp³-hybridized carbons (Fsp3) is 0.725. The van der Waals surface area contributed by atoms with Crippen LogP contribution in [-0.2, 0) is 30.4 Å². The number of carbonyl (C=O) groups is 5. The summed E-state index contributed by atoms with van der Waals surface area (Å²) in [5.41, 5.74) is 5.66. The SMILES string of the molecule is CC(C)CC1NC(=O)C(CCCN)NC(=O)C(C(C)C)NC(C)(C)CCCCC(C)(C)C(=O)C2CCCN2C(=O)C(Cc2ccccc2)NC1=O. The summed E-state index contributed by atoms with van der Waals surface area (Å²) in [7, 11) is 0. The van der Waals surface area contributed by atoms with Gasteiger partial charge in [-0.05, 0) is 82.7 Å². The number of nitrogens with one attached hydrogen (secondary N) is 4. The molecule has 3 rings (SSSR count). The molecule has 1 aromatic rings. The Bertz CT molecular complexity index is 1330. The van der Waals surface area contributed by atoms with Gasteiger partial charge in [0.25, 0.3) is 0 Å². The first kappa shape index (κ1) is 42.1. The molecule has 0 radical (unpaired) electrons. The van der Waals surface area contributed by atoms with Crippen molar-refractivity contribution >= 4 is 29.4 Å². The smallest absolute Gasteiger partial charge is 0.246 e. The lowest BCUT2D eigenvalue weighted by Gasteiger charge is -2.35. The predicted octanol–water partition coefficient (Wildman–Crippen LogP) is 4.02. The van der Waals surface area contributed by atoms with Crippen LogP contribution in [0.25, 0.3) is 0 Å². The lowest BCUT2D eigenvalue weighted by atomic mass is 9.78. The van der Waals surface area contributed by atoms with E-state index in [1.54, 1.807) is 4.90 Å². The molecule has 6 N–H and O–H groups in total. The summed E-state index contributed by atoms with van der Waals surface area (Å²) in [5, 5.41) is 12.5. The topological polar surface area (TPSA) is 163 Å². The van der Waals surface area contributed by atoms with Gasteiger partial charge in [-0.1, -0.05) is 84.7 Å². The Morgan fingerprint density at radius 1 is 0.804 bits per heavy atom. The molecule has 0 aliphatic carbocycles. The Morgan fingerprint density at radius 3 is 2.04 bits per heavy atom. The third-order valence-corrected chi connectivity index (χ3v) is 10.4. The summed E-state index contributed by atoms with van der Waals surface area (Å²) in [6.45, 7) is 16.7. The number of rotatable bonds is 8. The fourth-order valence-electron chi connectivity index (χ4n) is 7.39. The van der Waals surface area contributed by atoms with E-state index in [9.17, 15) is 24.0 Å². The molecular weight excluding hydrogens is 644 g/mol. The number of benzene rings is 1. The third-order valence-electron chi connectivity index (χ3n) is 10.4. The van der Waals surface area contributed by atoms with Crippen LogP contribution in [0.15, 0.2) is 30.3 Å². The maximum atomic E-state index is 14.4. The average Bonchev–Trinajstić information content (AvgIpc) is 3.55. The zero-order valence-electron chi connectivity index (χ0n) is 32.5. The molecule has 5 unspecified atom stereocenters. The van der Waals surface area contributed by atoms with Crippen molar-refractivity contribution in [1.82, 2.24) is 26.2 Å². The van der Waals surface area contributed by atoms with E-state index < -0.39 is 53.0 Å². The normalized spacial score (nSPS) is 27.4. The first-order chi connectivity index (χ1) is 24.0. The molecule has 1 aromatic carbocycles. The predicted molar refractivity (Wildman–Crippen MR) is 202 cm³/mol. The Hall–Kier alpha value is -3.31. The molecule has 2 saturated heterocycles. The molecule has 11 nitrogen and oxygen atoms in total. The second-order valence-electron chi connectivity index (χ2n) is 16.8. The highest BCUT2D eigenvalue weighted by Crippen LogP contribution is 2.33. The molecule has 2 fully saturated rings. The summed E-state index contributed by atoms with van der Waals surface area (Å²) in [6, 6.07) is 5.57. The van der Waals surface area contributed by atoms with E-state index in [-0.39, 0.29) is 35.9 Å². The maximum absolute atomic E-state index is 14.4. The van der Waals surface area contributed by atoms with Crippen molar-refractivity contribution in [1.29, 1.82) is 0 Å². The number of hydrogen-bond donors (Lipinski definition) is 5. The molecule has 51 heavy (non-hydrogen) atoms. The highest BCUT2D eigenvalue weighted by molar-refractivity contribution is 5.97. The van der Waals surface area contributed by atoms with Crippen LogP contribution in [0.5, 0.6) is 0 Å². The average molecular weight is 711 g/mol. The van der Waals surface area contributed by atoms with E-state index in [4.69, 9.17) is 5.73 Å². The maximum Gasteiger partial charge on any atom is 0.246 e. The van der Waals surface area contributed by atoms with Crippen LogP contribution < -0.4 is 27.0 Å². The summed E-state index contributed by atoms with van der Waals surface area (Å²) < 4.78 is 0. The lowest BCUT2D eigenvalue weighted by Crippen LogP contribution is -2.60. The first-order valence-corrected chi connectivity index (χ1v) is 19.2. The molecular formula is C40H66N6O5. The van der Waals surface area contributed by atoms with Crippen LogP contribution >= 0.6 is 0 Å². The molecule has 5 atom stereocenters. The van der Waals surface area contributed by atoms with Crippen LogP contribution in [0.2, 0.25) is 0 Å². The van der Waals surface area contributed by atoms with Gasteiger partial charge in [0.05, 0.1) is 12.1 Å². The zero-order chi connectivity index (χ0) is 37.9. The Balaban J connectivity index is 2.05. The Kier molecular flexibility index (Phi) is 15.7. The van der Waals surface area contributed by atoms with E-state index in [1.807, 2.05) is 71.9 Å². The highest BCUT2D eigenvalue weighted by atomic mass is 16.2. The summed E-state index contributed by atoms with van der Waals surface area (Å²) >= 11 is 0. The number of amides is 4. The monoisotopic (exact) mass is 711 g/mol. The first-order valence-electron chi connectivity index (χ1n) is 19.2. The number of nitrogens with two attached hydrogens (primary N) is 1. The third kappa shape index (κ3) is 12.4. The molecule has 0 bridgehead atoms. The quantitative estimate of drug-likeness (QED) is 0.272. The van der Waals surface area contributed by atoms with Crippen LogP contribution in [0.3, 0.4) is 0 Å². The number of ketones is 1. The second-order valence-corrected chi connectivity index (χ2v) is 16.8. The lowest BCUT2D eigenvalue weighted by molar-refractivity contribution is -0.144. The van der Waals surface area contributed by atoms with Crippen molar-refractivity contribution < 1.29 is 24.0 Å². The standard InChI is InChI=1S/C40H66N6O5/c1-26(2)24-30-36(49)44-31(25-28-16-10-9-11-17-28)38(51)46-23-15-19-32(46)34(47)39(5,6)20-12-13-21-40(7,8)45-33(27(3)4)37(50)42-29(18-14-22-41)35(48)43-30/h9-11,16-17,26-27,29-33,45H,12-15,18-25,41H2,1-8H3,(H,42,50)(H,43,48)(H,44,49). The van der Waals surface area contributed by atoms with E-state index in [0.717, 1.165) is 24.8 Å². The molecule has 2 aliphatic heterocycles. The molecule has 0 saturated carbocycles. The summed E-state index contributed by atoms with van der Waals surface area (Å²) in [5.74, 6) is -1.50. The van der Waals surface area contributed by atoms with Crippen LogP contribution in [0.4, 0.5) is 0 Å². The minimum absolute atomic E-state index is 0.0375. The number of carbonyl (C=O) groups excluding carboxylic acids is 5. The molecule has 286 valence electrons. The summed E-state index contributed by atoms with van der Waals surface area (Å²) in [4.78, 5) is 72.1. The van der Waals surface area contributed by atoms with Gasteiger partial charge in [0, 0.05) is 23.9 Å². The molecule has 0 spiro atoms. The van der Waals surface area contributed by atoms with Crippen molar-refractivity contribution in [3.63, 3.8) is 0 Å². The van der Waals surface area contributed by atoms with Crippen molar-refractivity contribution in [2.45, 2.75) is 155 Å². The molecule has 4 amide bonds. The van der Waals surface area contributed by atoms with E-state index >= 15 is 0 Å². The van der Waals surface area contributed by atoms with Gasteiger partial charge in [-0.3, -0.25) is 24.0 Å². The summed E-state index contributed by atoms with van der Waals surface area (Å²) in [6.07, 6.45) is 5.80. The number of Topliss-reactive ketones (excluding diaryl/α,β-unsaturated/α-hetero) is 1. The number of nitrogens with zero attached hydrogens (tertiary/aromatic N) is 1. The van der Waals surface area contributed by atoms with Gasteiger partial charge in [0.1, 0.15) is 18.1 Å². The van der Waals surface area contributed by atoms with Crippen LogP contribution in [-0.4, -0.2) is 83.1 Å². The number of fused-ring (bicyclic) bond motifs is 1. The van der Waals surface area contributed by atoms with Gasteiger partial charge in [-0.15, -0.1) is 0 Å². The van der Waals surface area contributed by atoms with Gasteiger partial charge < -0.3 is 31.9 Å². The largest absolute Gasteiger partial charge is 0.343 e. The van der Waals surface area contributed by atoms with Crippen molar-refractivity contribution in [3.8, 4) is 0 Å². The molecule has 0 aromatic heterocycles. The fourth-order valence-corrected chi connectivity index (χ4v) is 7.39. The van der Waals surface area contributed by atoms with Crippen LogP contribution in [0, 0.1) is 17.3 Å². The van der Waals surface area contributed by atoms with Gasteiger partial charge in [0.2, 0.25) is 23.6 Å². The number of hydrogen-bond acceptors (Lipinski definition) is 7. The molecule has 2 heterocycles. The van der Waals surface area contributed by atoms with E-state index in [0.29, 0.717) is 51.6 Å². The zero-order valence-corrected chi connectivity index (χ0v) is 32.5. The minimum Gasteiger partial charge on any atom is -0.343 e. The molecule has 2 aliphatic rings. The van der Waals surface area contributed by atoms with Gasteiger partial charge in [-0.25, -0.2) is 0 Å². The van der Waals surface area contributed by atoms with Gasteiger partial charge in [0.15, 0.2) is 5.78 Å². The van der Waals surface area contributed by atoms with Crippen LogP contribution in [0.1, 0.15) is 119 Å². The van der Waals surface area contributed by atoms with Crippen molar-refractivity contribution in [2.75, 3.05) is 13.1 Å². The Labute approximate surface area is 306 Å². The minimum atomic E-state index is -0.956. The van der Waals surface area contributed by atoms with Crippen molar-refractivity contribution in [3.05, 3.63) is 35.9 Å². The second kappa shape index (κ2) is 19.0. The molecule has 11 heteroatoms. The van der Waals surface area contributed by atoms with Gasteiger partial charge >= 0.3 is 0 Å².